The lowest BCUT2D eigenvalue weighted by Crippen LogP contribution is -2.35. The molecule has 2 heterocycles. The molecule has 2 aliphatic carbocycles. The highest BCUT2D eigenvalue weighted by Crippen LogP contribution is 2.23. The summed E-state index contributed by atoms with van der Waals surface area (Å²) in [6, 6.07) is 15.0. The number of aromatic nitrogens is 2. The number of benzene rings is 2. The first-order valence-electron chi connectivity index (χ1n) is 16.2. The molecule has 6 nitrogen and oxygen atoms in total. The van der Waals surface area contributed by atoms with Crippen molar-refractivity contribution in [1.29, 1.82) is 0 Å². The zero-order chi connectivity index (χ0) is 29.5. The van der Waals surface area contributed by atoms with Gasteiger partial charge >= 0.3 is 0 Å². The molecular weight excluding hydrogens is 520 g/mol. The number of aromatic amines is 2. The summed E-state index contributed by atoms with van der Waals surface area (Å²) in [5.74, 6) is 0.0753. The molecule has 0 radical (unpaired) electrons. The number of H-pyrrole nitrogens is 2. The molecule has 0 aliphatic heterocycles. The van der Waals surface area contributed by atoms with Gasteiger partial charge in [0.05, 0.1) is 0 Å². The standard InChI is InChI=1S/C19H26N2O.C17H22N2O/c1-13-10-14(2)18-15(11-13)12-17(21-18)19(22)20-16-8-6-4-3-5-7-9-16;1-12-7-6-8-13-11-15(19-16(12)13)17(20)18-14-9-4-2-3-5-10-14/h10-12,16,21H,3-9H2,1-2H3,(H,20,22);6-8,11,14,19H,2-5,9-10H2,1H3,(H,18,20). The van der Waals surface area contributed by atoms with Crippen LogP contribution in [0.5, 0.6) is 0 Å². The Bertz CT molecular complexity index is 1500. The van der Waals surface area contributed by atoms with Crippen LogP contribution in [0.1, 0.15) is 121 Å². The van der Waals surface area contributed by atoms with E-state index in [1.165, 1.54) is 74.5 Å². The molecule has 2 amide bonds. The fourth-order valence-corrected chi connectivity index (χ4v) is 6.71. The Hall–Kier alpha value is -3.54. The van der Waals surface area contributed by atoms with Crippen molar-refractivity contribution in [3.05, 3.63) is 70.5 Å². The minimum Gasteiger partial charge on any atom is -0.350 e. The van der Waals surface area contributed by atoms with E-state index in [0.29, 0.717) is 23.5 Å². The highest BCUT2D eigenvalue weighted by atomic mass is 16.2. The first kappa shape index (κ1) is 29.9. The van der Waals surface area contributed by atoms with Gasteiger partial charge in [-0.15, -0.1) is 0 Å². The van der Waals surface area contributed by atoms with Gasteiger partial charge in [0.2, 0.25) is 0 Å². The molecule has 6 rings (SSSR count). The SMILES string of the molecule is Cc1cc(C)c2[nH]c(C(=O)NC3CCCCCCC3)cc2c1.Cc1cccc2cc(C(=O)NC3CCCCCC3)[nH]c12. The van der Waals surface area contributed by atoms with Crippen LogP contribution in [0.2, 0.25) is 0 Å². The molecule has 2 aromatic carbocycles. The fourth-order valence-electron chi connectivity index (χ4n) is 6.71. The zero-order valence-electron chi connectivity index (χ0n) is 25.7. The first-order valence-corrected chi connectivity index (χ1v) is 16.2. The van der Waals surface area contributed by atoms with Gasteiger partial charge in [0.1, 0.15) is 11.4 Å². The number of hydrogen-bond donors (Lipinski definition) is 4. The van der Waals surface area contributed by atoms with Crippen molar-refractivity contribution in [1.82, 2.24) is 20.6 Å². The molecule has 0 unspecified atom stereocenters. The van der Waals surface area contributed by atoms with Crippen LogP contribution in [-0.2, 0) is 0 Å². The maximum Gasteiger partial charge on any atom is 0.267 e. The van der Waals surface area contributed by atoms with Gasteiger partial charge in [-0.1, -0.05) is 87.6 Å². The Morgan fingerprint density at radius 2 is 1.07 bits per heavy atom. The fraction of sp³-hybridized carbons (Fsp3) is 0.500. The van der Waals surface area contributed by atoms with E-state index in [9.17, 15) is 9.59 Å². The van der Waals surface area contributed by atoms with E-state index in [4.69, 9.17) is 0 Å². The van der Waals surface area contributed by atoms with Gasteiger partial charge in [0, 0.05) is 33.9 Å². The van der Waals surface area contributed by atoms with Crippen molar-refractivity contribution in [2.45, 2.75) is 116 Å². The number of para-hydroxylation sites is 1. The van der Waals surface area contributed by atoms with Crippen LogP contribution in [0.15, 0.2) is 42.5 Å². The average molecular weight is 569 g/mol. The Morgan fingerprint density at radius 3 is 1.60 bits per heavy atom. The minimum atomic E-state index is 0.0347. The zero-order valence-corrected chi connectivity index (χ0v) is 25.7. The summed E-state index contributed by atoms with van der Waals surface area (Å²) in [7, 11) is 0. The Morgan fingerprint density at radius 1 is 0.595 bits per heavy atom. The van der Waals surface area contributed by atoms with Crippen molar-refractivity contribution < 1.29 is 9.59 Å². The van der Waals surface area contributed by atoms with Crippen molar-refractivity contribution in [3.63, 3.8) is 0 Å². The summed E-state index contributed by atoms with van der Waals surface area (Å²) in [6.45, 7) is 6.24. The van der Waals surface area contributed by atoms with Crippen LogP contribution in [0.3, 0.4) is 0 Å². The molecule has 2 saturated carbocycles. The van der Waals surface area contributed by atoms with E-state index < -0.39 is 0 Å². The molecule has 0 bridgehead atoms. The first-order chi connectivity index (χ1) is 20.4. The normalized spacial score (nSPS) is 17.1. The Labute approximate surface area is 250 Å². The smallest absolute Gasteiger partial charge is 0.267 e. The van der Waals surface area contributed by atoms with Crippen molar-refractivity contribution in [2.24, 2.45) is 0 Å². The monoisotopic (exact) mass is 568 g/mol. The molecule has 0 spiro atoms. The summed E-state index contributed by atoms with van der Waals surface area (Å²) in [6.07, 6.45) is 16.0. The minimum absolute atomic E-state index is 0.0347. The van der Waals surface area contributed by atoms with Gasteiger partial charge < -0.3 is 20.6 Å². The van der Waals surface area contributed by atoms with Crippen molar-refractivity contribution in [3.8, 4) is 0 Å². The Balaban J connectivity index is 0.000000169. The maximum atomic E-state index is 12.5. The van der Waals surface area contributed by atoms with Crippen molar-refractivity contribution in [2.75, 3.05) is 0 Å². The number of aryl methyl sites for hydroxylation is 3. The molecule has 6 heteroatoms. The highest BCUT2D eigenvalue weighted by molar-refractivity contribution is 5.99. The van der Waals surface area contributed by atoms with Crippen LogP contribution in [0.4, 0.5) is 0 Å². The lowest BCUT2D eigenvalue weighted by Gasteiger charge is -2.20. The summed E-state index contributed by atoms with van der Waals surface area (Å²) in [5.41, 5.74) is 7.11. The molecule has 4 N–H and O–H groups in total. The summed E-state index contributed by atoms with van der Waals surface area (Å²) in [4.78, 5) is 31.5. The molecular formula is C36H48N4O2. The van der Waals surface area contributed by atoms with Crippen molar-refractivity contribution >= 4 is 33.6 Å². The molecule has 2 fully saturated rings. The van der Waals surface area contributed by atoms with Crippen LogP contribution in [0, 0.1) is 20.8 Å². The van der Waals surface area contributed by atoms with E-state index >= 15 is 0 Å². The molecule has 42 heavy (non-hydrogen) atoms. The number of carbonyl (C=O) groups excluding carboxylic acids is 2. The molecule has 2 aliphatic rings. The summed E-state index contributed by atoms with van der Waals surface area (Å²) in [5, 5.41) is 8.65. The van der Waals surface area contributed by atoms with Gasteiger partial charge in [0.25, 0.3) is 11.8 Å². The predicted octanol–water partition coefficient (Wildman–Crippen LogP) is 8.56. The third kappa shape index (κ3) is 7.64. The van der Waals surface area contributed by atoms with E-state index in [-0.39, 0.29) is 11.8 Å². The second kappa shape index (κ2) is 14.1. The van der Waals surface area contributed by atoms with Gasteiger partial charge in [0.15, 0.2) is 0 Å². The lowest BCUT2D eigenvalue weighted by molar-refractivity contribution is 0.0919. The lowest BCUT2D eigenvalue weighted by atomic mass is 9.96. The molecule has 2 aromatic heterocycles. The number of rotatable bonds is 4. The van der Waals surface area contributed by atoms with Crippen LogP contribution >= 0.6 is 0 Å². The van der Waals surface area contributed by atoms with Crippen LogP contribution in [0.25, 0.3) is 21.8 Å². The number of nitrogens with one attached hydrogen (secondary N) is 4. The van der Waals surface area contributed by atoms with Crippen LogP contribution < -0.4 is 10.6 Å². The van der Waals surface area contributed by atoms with Gasteiger partial charge in [-0.2, -0.15) is 0 Å². The highest BCUT2D eigenvalue weighted by Gasteiger charge is 2.18. The summed E-state index contributed by atoms with van der Waals surface area (Å²) < 4.78 is 0. The predicted molar refractivity (Wildman–Crippen MR) is 173 cm³/mol. The molecule has 224 valence electrons. The third-order valence-electron chi connectivity index (χ3n) is 9.05. The maximum absolute atomic E-state index is 12.5. The summed E-state index contributed by atoms with van der Waals surface area (Å²) >= 11 is 0. The molecule has 0 atom stereocenters. The van der Waals surface area contributed by atoms with Gasteiger partial charge in [-0.05, 0) is 75.8 Å². The Kier molecular flexibility index (Phi) is 10.0. The van der Waals surface area contributed by atoms with E-state index in [1.54, 1.807) is 0 Å². The second-order valence-electron chi connectivity index (χ2n) is 12.6. The van der Waals surface area contributed by atoms with Crippen LogP contribution in [-0.4, -0.2) is 33.9 Å². The van der Waals surface area contributed by atoms with E-state index in [0.717, 1.165) is 47.5 Å². The quantitative estimate of drug-likeness (QED) is 0.186. The molecule has 0 saturated heterocycles. The topological polar surface area (TPSA) is 89.8 Å². The number of fused-ring (bicyclic) bond motifs is 2. The second-order valence-corrected chi connectivity index (χ2v) is 12.6. The van der Waals surface area contributed by atoms with Gasteiger partial charge in [-0.25, -0.2) is 0 Å². The average Bonchev–Trinajstić information content (AvgIpc) is 3.50. The van der Waals surface area contributed by atoms with E-state index in [1.807, 2.05) is 24.3 Å². The number of carbonyl (C=O) groups is 2. The number of amides is 2. The van der Waals surface area contributed by atoms with E-state index in [2.05, 4.69) is 59.6 Å². The van der Waals surface area contributed by atoms with Gasteiger partial charge in [-0.3, -0.25) is 9.59 Å². The number of hydrogen-bond acceptors (Lipinski definition) is 2. The molecule has 4 aromatic rings. The largest absolute Gasteiger partial charge is 0.350 e. The third-order valence-corrected chi connectivity index (χ3v) is 9.05.